The Bertz CT molecular complexity index is 691. The number of nitrogens with one attached hydrogen (secondary N) is 1. The van der Waals surface area contributed by atoms with E-state index in [4.69, 9.17) is 0 Å². The van der Waals surface area contributed by atoms with Gasteiger partial charge in [0.1, 0.15) is 5.82 Å². The van der Waals surface area contributed by atoms with Gasteiger partial charge in [0.15, 0.2) is 0 Å². The van der Waals surface area contributed by atoms with Crippen molar-refractivity contribution >= 4 is 0 Å². The van der Waals surface area contributed by atoms with E-state index in [1.165, 1.54) is 11.1 Å². The number of benzene rings is 1. The molecule has 0 spiro atoms. The monoisotopic (exact) mass is 270 g/mol. The molecule has 0 aliphatic heterocycles. The zero-order valence-electron chi connectivity index (χ0n) is 11.5. The molecule has 0 radical (unpaired) electrons. The van der Waals surface area contributed by atoms with Crippen LogP contribution in [-0.2, 0) is 12.8 Å². The van der Waals surface area contributed by atoms with Gasteiger partial charge in [0, 0.05) is 5.92 Å². The molecule has 3 rings (SSSR count). The predicted molar refractivity (Wildman–Crippen MR) is 77.1 cm³/mol. The molecule has 2 N–H and O–H groups in total. The van der Waals surface area contributed by atoms with Crippen LogP contribution in [0.5, 0.6) is 5.88 Å². The Kier molecular flexibility index (Phi) is 3.30. The van der Waals surface area contributed by atoms with Gasteiger partial charge in [-0.1, -0.05) is 31.2 Å². The van der Waals surface area contributed by atoms with E-state index < -0.39 is 0 Å². The van der Waals surface area contributed by atoms with Crippen molar-refractivity contribution in [2.24, 2.45) is 0 Å². The minimum Gasteiger partial charge on any atom is -0.493 e. The van der Waals surface area contributed by atoms with Gasteiger partial charge in [0.05, 0.1) is 5.56 Å². The summed E-state index contributed by atoms with van der Waals surface area (Å²) in [7, 11) is 0. The molecule has 0 saturated carbocycles. The maximum Gasteiger partial charge on any atom is 0.257 e. The summed E-state index contributed by atoms with van der Waals surface area (Å²) in [6.45, 7) is 1.83. The van der Waals surface area contributed by atoms with Crippen LogP contribution in [0.3, 0.4) is 0 Å². The third kappa shape index (κ3) is 2.11. The Balaban J connectivity index is 2.09. The predicted octanol–water partition coefficient (Wildman–Crippen LogP) is 2.51. The molecule has 1 aliphatic rings. The quantitative estimate of drug-likeness (QED) is 0.881. The Morgan fingerprint density at radius 3 is 2.95 bits per heavy atom. The number of aryl methyl sites for hydroxylation is 1. The molecule has 0 saturated heterocycles. The fraction of sp³-hybridized carbons (Fsp3) is 0.375. The second kappa shape index (κ2) is 5.12. The normalized spacial score (nSPS) is 17.8. The smallest absolute Gasteiger partial charge is 0.257 e. The topological polar surface area (TPSA) is 66.0 Å². The lowest BCUT2D eigenvalue weighted by molar-refractivity contribution is 0.436. The lowest BCUT2D eigenvalue weighted by atomic mass is 9.82. The van der Waals surface area contributed by atoms with Crippen molar-refractivity contribution < 1.29 is 5.11 Å². The van der Waals surface area contributed by atoms with Gasteiger partial charge in [-0.3, -0.25) is 4.79 Å². The summed E-state index contributed by atoms with van der Waals surface area (Å²) in [5.74, 6) is 0.524. The lowest BCUT2D eigenvalue weighted by Gasteiger charge is -2.24. The van der Waals surface area contributed by atoms with Crippen LogP contribution in [0.4, 0.5) is 0 Å². The number of hydrogen-bond donors (Lipinski definition) is 2. The van der Waals surface area contributed by atoms with Crippen LogP contribution in [0.15, 0.2) is 29.1 Å². The average molecular weight is 270 g/mol. The highest BCUT2D eigenvalue weighted by Crippen LogP contribution is 2.35. The standard InChI is InChI=1S/C16H18N2O2/c1-2-11-15(19)17-14(18-16(11)20)13-9-5-7-10-6-3-4-8-12(10)13/h3-4,6,8,13H,2,5,7,9H2,1H3,(H2,17,18,19,20). The van der Waals surface area contributed by atoms with E-state index in [0.29, 0.717) is 17.8 Å². The zero-order chi connectivity index (χ0) is 14.1. The van der Waals surface area contributed by atoms with E-state index in [0.717, 1.165) is 19.3 Å². The maximum atomic E-state index is 12.0. The molecule has 104 valence electrons. The molecule has 1 atom stereocenters. The van der Waals surface area contributed by atoms with Gasteiger partial charge >= 0.3 is 0 Å². The van der Waals surface area contributed by atoms with Crippen LogP contribution in [0.25, 0.3) is 0 Å². The fourth-order valence-corrected chi connectivity index (χ4v) is 3.02. The van der Waals surface area contributed by atoms with Gasteiger partial charge < -0.3 is 10.1 Å². The summed E-state index contributed by atoms with van der Waals surface area (Å²) in [5.41, 5.74) is 2.66. The molecule has 2 aromatic rings. The highest BCUT2D eigenvalue weighted by Gasteiger charge is 2.24. The molecule has 4 nitrogen and oxygen atoms in total. The summed E-state index contributed by atoms with van der Waals surface area (Å²) >= 11 is 0. The molecule has 0 amide bonds. The Morgan fingerprint density at radius 1 is 1.40 bits per heavy atom. The van der Waals surface area contributed by atoms with Gasteiger partial charge in [-0.05, 0) is 36.8 Å². The zero-order valence-corrected chi connectivity index (χ0v) is 11.5. The van der Waals surface area contributed by atoms with E-state index >= 15 is 0 Å². The Morgan fingerprint density at radius 2 is 2.20 bits per heavy atom. The lowest BCUT2D eigenvalue weighted by Crippen LogP contribution is -2.21. The summed E-state index contributed by atoms with van der Waals surface area (Å²) in [5, 5.41) is 9.92. The average Bonchev–Trinajstić information content (AvgIpc) is 2.46. The minimum absolute atomic E-state index is 0.0736. The first-order valence-electron chi connectivity index (χ1n) is 7.10. The Hall–Kier alpha value is -2.10. The van der Waals surface area contributed by atoms with Gasteiger partial charge in [-0.25, -0.2) is 0 Å². The molecular weight excluding hydrogens is 252 g/mol. The number of aromatic hydroxyl groups is 1. The van der Waals surface area contributed by atoms with Gasteiger partial charge in [-0.2, -0.15) is 4.98 Å². The van der Waals surface area contributed by atoms with Crippen LogP contribution in [0, 0.1) is 0 Å². The number of H-pyrrole nitrogens is 1. The van der Waals surface area contributed by atoms with E-state index in [2.05, 4.69) is 22.1 Å². The molecule has 0 bridgehead atoms. The van der Waals surface area contributed by atoms with E-state index in [1.807, 2.05) is 19.1 Å². The second-order valence-corrected chi connectivity index (χ2v) is 5.25. The van der Waals surface area contributed by atoms with Crippen molar-refractivity contribution in [3.8, 4) is 5.88 Å². The molecule has 0 fully saturated rings. The van der Waals surface area contributed by atoms with Crippen molar-refractivity contribution in [3.05, 3.63) is 57.1 Å². The van der Waals surface area contributed by atoms with E-state index in [-0.39, 0.29) is 17.4 Å². The van der Waals surface area contributed by atoms with Gasteiger partial charge in [0.25, 0.3) is 5.56 Å². The van der Waals surface area contributed by atoms with Crippen LogP contribution < -0.4 is 5.56 Å². The highest BCUT2D eigenvalue weighted by atomic mass is 16.3. The third-order valence-corrected chi connectivity index (χ3v) is 4.07. The van der Waals surface area contributed by atoms with E-state index in [9.17, 15) is 9.90 Å². The molecule has 4 heteroatoms. The highest BCUT2D eigenvalue weighted by molar-refractivity contribution is 5.37. The van der Waals surface area contributed by atoms with Crippen LogP contribution in [0.1, 0.15) is 48.2 Å². The van der Waals surface area contributed by atoms with Gasteiger partial charge in [0.2, 0.25) is 5.88 Å². The second-order valence-electron chi connectivity index (χ2n) is 5.25. The fourth-order valence-electron chi connectivity index (χ4n) is 3.02. The molecular formula is C16H18N2O2. The molecule has 20 heavy (non-hydrogen) atoms. The first-order chi connectivity index (χ1) is 9.70. The number of nitrogens with zero attached hydrogens (tertiary/aromatic N) is 1. The Labute approximate surface area is 117 Å². The number of hydrogen-bond acceptors (Lipinski definition) is 3. The largest absolute Gasteiger partial charge is 0.493 e. The minimum atomic E-state index is -0.224. The van der Waals surface area contributed by atoms with Crippen molar-refractivity contribution in [1.82, 2.24) is 9.97 Å². The van der Waals surface area contributed by atoms with Crippen LogP contribution in [0.2, 0.25) is 0 Å². The number of aromatic nitrogens is 2. The summed E-state index contributed by atoms with van der Waals surface area (Å²) in [6.07, 6.45) is 3.57. The van der Waals surface area contributed by atoms with Crippen molar-refractivity contribution in [1.29, 1.82) is 0 Å². The molecule has 1 aromatic heterocycles. The van der Waals surface area contributed by atoms with Crippen LogP contribution >= 0.6 is 0 Å². The van der Waals surface area contributed by atoms with Crippen molar-refractivity contribution in [2.75, 3.05) is 0 Å². The van der Waals surface area contributed by atoms with Crippen molar-refractivity contribution in [3.63, 3.8) is 0 Å². The number of rotatable bonds is 2. The molecule has 1 aliphatic carbocycles. The summed E-state index contributed by atoms with van der Waals surface area (Å²) in [4.78, 5) is 19.1. The van der Waals surface area contributed by atoms with Gasteiger partial charge in [-0.15, -0.1) is 0 Å². The first-order valence-corrected chi connectivity index (χ1v) is 7.10. The molecule has 1 heterocycles. The number of aromatic amines is 1. The number of fused-ring (bicyclic) bond motifs is 1. The summed E-state index contributed by atoms with van der Waals surface area (Å²) in [6, 6.07) is 8.26. The van der Waals surface area contributed by atoms with Crippen LogP contribution in [-0.4, -0.2) is 15.1 Å². The molecule has 1 aromatic carbocycles. The van der Waals surface area contributed by atoms with E-state index in [1.54, 1.807) is 0 Å². The summed E-state index contributed by atoms with van der Waals surface area (Å²) < 4.78 is 0. The maximum absolute atomic E-state index is 12.0. The first kappa shape index (κ1) is 12.9. The SMILES string of the molecule is CCc1c(O)nc(C2CCCc3ccccc32)[nH]c1=O. The third-order valence-electron chi connectivity index (χ3n) is 4.07. The molecule has 1 unspecified atom stereocenters. The van der Waals surface area contributed by atoms with Crippen molar-refractivity contribution in [2.45, 2.75) is 38.5 Å².